The van der Waals surface area contributed by atoms with Gasteiger partial charge in [0.15, 0.2) is 0 Å². The van der Waals surface area contributed by atoms with Gasteiger partial charge in [0.25, 0.3) is 0 Å². The molecule has 0 amide bonds. The first-order valence-electron chi connectivity index (χ1n) is 7.21. The summed E-state index contributed by atoms with van der Waals surface area (Å²) >= 11 is 0. The van der Waals surface area contributed by atoms with Gasteiger partial charge in [0.1, 0.15) is 0 Å². The molecule has 0 atom stereocenters. The van der Waals surface area contributed by atoms with E-state index in [4.69, 9.17) is 94.7 Å². The summed E-state index contributed by atoms with van der Waals surface area (Å²) in [7, 11) is -18.5. The third kappa shape index (κ3) is 4.97. The van der Waals surface area contributed by atoms with E-state index in [1.807, 2.05) is 0 Å². The van der Waals surface area contributed by atoms with Crippen molar-refractivity contribution < 1.29 is 32.2 Å². The molecular formula is C18Fe3In2N18. The average molecular weight is 865 g/mol. The summed E-state index contributed by atoms with van der Waals surface area (Å²) in [5.41, 5.74) is 0. The molecule has 0 aliphatic rings. The number of nitriles is 18. The zero-order valence-corrected chi connectivity index (χ0v) is 29.2. The molecule has 18 nitrogen and oxygen atoms in total. The number of hydrogen-bond acceptors (Lipinski definition) is 18. The molecule has 192 valence electrons. The molecule has 0 aromatic carbocycles. The van der Waals surface area contributed by atoms with Crippen molar-refractivity contribution in [1.29, 1.82) is 94.7 Å². The Morgan fingerprint density at radius 2 is 0.220 bits per heavy atom. The van der Waals surface area contributed by atoms with Crippen LogP contribution in [0.5, 0.6) is 0 Å². The first-order valence-corrected chi connectivity index (χ1v) is 17.1. The summed E-state index contributed by atoms with van der Waals surface area (Å²) in [6.45, 7) is 0. The van der Waals surface area contributed by atoms with E-state index in [9.17, 15) is 0 Å². The van der Waals surface area contributed by atoms with Gasteiger partial charge in [-0.1, -0.05) is 0 Å². The molecule has 0 unspecified atom stereocenters. The second-order valence-corrected chi connectivity index (χ2v) is 22.3. The third-order valence-electron chi connectivity index (χ3n) is 3.56. The summed E-state index contributed by atoms with van der Waals surface area (Å²) in [5, 5.41) is 154. The van der Waals surface area contributed by atoms with Gasteiger partial charge in [-0.15, -0.1) is 0 Å². The fourth-order valence-electron chi connectivity index (χ4n) is 0.795. The summed E-state index contributed by atoms with van der Waals surface area (Å²) in [4.78, 5) is 18.6. The van der Waals surface area contributed by atoms with Crippen molar-refractivity contribution in [2.24, 2.45) is 0 Å². The quantitative estimate of drug-likeness (QED) is 0.278. The van der Waals surface area contributed by atoms with Crippen LogP contribution in [0.2, 0.25) is 0 Å². The van der Waals surface area contributed by atoms with E-state index in [0.717, 1.165) is 89.4 Å². The first-order chi connectivity index (χ1) is 17.9. The molecule has 0 heterocycles. The average Bonchev–Trinajstić information content (AvgIpc) is 3.06. The van der Waals surface area contributed by atoms with Crippen LogP contribution in [0.3, 0.4) is 0 Å². The van der Waals surface area contributed by atoms with Crippen molar-refractivity contribution >= 4 is 51.7 Å². The van der Waals surface area contributed by atoms with E-state index in [1.165, 1.54) is 0 Å². The van der Waals surface area contributed by atoms with Crippen molar-refractivity contribution in [2.75, 3.05) is 0 Å². The van der Waals surface area contributed by atoms with Gasteiger partial charge in [0, 0.05) is 0 Å². The molecular weight excluding hydrogens is 865 g/mol. The normalized spacial score (nSPS) is 12.7. The minimum atomic E-state index is -6.17. The van der Waals surface area contributed by atoms with Crippen LogP contribution in [0.25, 0.3) is 0 Å². The van der Waals surface area contributed by atoms with Crippen LogP contribution in [0, 0.1) is 184 Å². The maximum atomic E-state index is 8.58. The molecule has 0 aromatic heterocycles. The van der Waals surface area contributed by atoms with Crippen molar-refractivity contribution in [2.45, 2.75) is 0 Å². The van der Waals surface area contributed by atoms with Crippen LogP contribution in [-0.4, -0.2) is 51.7 Å². The van der Waals surface area contributed by atoms with Crippen LogP contribution in [0.15, 0.2) is 0 Å². The largest absolute Gasteiger partial charge is 3.00 e. The molecule has 0 aromatic rings. The second kappa shape index (κ2) is 11.5. The summed E-state index contributed by atoms with van der Waals surface area (Å²) in [6, 6.07) is 0. The minimum absolute atomic E-state index is 0. The molecule has 0 bridgehead atoms. The topological polar surface area (TPSA) is 428 Å². The Hall–Kier alpha value is -5.88. The third-order valence-corrected chi connectivity index (χ3v) is 14.7. The molecule has 0 rings (SSSR count). The van der Waals surface area contributed by atoms with Crippen LogP contribution in [0.4, 0.5) is 0 Å². The predicted octanol–water partition coefficient (Wildman–Crippen LogP) is -0.467. The minimum Gasteiger partial charge on any atom is 3.00 e. The van der Waals surface area contributed by atoms with E-state index in [0.29, 0.717) is 0 Å². The van der Waals surface area contributed by atoms with E-state index in [2.05, 4.69) is 0 Å². The van der Waals surface area contributed by atoms with Crippen molar-refractivity contribution in [1.82, 2.24) is 0 Å². The van der Waals surface area contributed by atoms with Gasteiger partial charge in [-0.3, -0.25) is 0 Å². The Balaban J connectivity index is -0.000000154. The maximum Gasteiger partial charge on any atom is 3.00 e. The summed E-state index contributed by atoms with van der Waals surface area (Å²) in [6.07, 6.45) is 0. The standard InChI is InChI=1S/18CN.3Fe.2In/c18*1-2;;;;;/q;;;;;;;;;;;;;;;;;;3*-2;2*+3. The molecule has 41 heavy (non-hydrogen) atoms. The first kappa shape index (κ1) is 45.1. The Labute approximate surface area is 265 Å². The Morgan fingerprint density at radius 1 is 0.171 bits per heavy atom. The van der Waals surface area contributed by atoms with Gasteiger partial charge in [0.2, 0.25) is 0 Å². The predicted molar refractivity (Wildman–Crippen MR) is 113 cm³/mol. The fraction of sp³-hybridized carbons (Fsp3) is 0. The number of hydrogen-bond donors (Lipinski definition) is 0. The molecule has 0 N–H and O–H groups in total. The van der Waals surface area contributed by atoms with Crippen LogP contribution >= 0.6 is 0 Å². The van der Waals surface area contributed by atoms with Gasteiger partial charge in [-0.05, 0) is 0 Å². The van der Waals surface area contributed by atoms with Crippen LogP contribution in [0.1, 0.15) is 0 Å². The Bertz CT molecular complexity index is 1410. The summed E-state index contributed by atoms with van der Waals surface area (Å²) in [5.74, 6) is 0. The van der Waals surface area contributed by atoms with Gasteiger partial charge in [-0.25, -0.2) is 0 Å². The van der Waals surface area contributed by atoms with Crippen LogP contribution < -0.4 is 0 Å². The second-order valence-electron chi connectivity index (χ2n) is 5.40. The van der Waals surface area contributed by atoms with Crippen molar-refractivity contribution in [3.05, 3.63) is 0 Å². The maximum absolute atomic E-state index is 8.58. The molecule has 23 heteroatoms. The molecule has 0 aliphatic heterocycles. The zero-order valence-electron chi connectivity index (χ0n) is 19.3. The molecule has 0 fully saturated rings. The smallest absolute Gasteiger partial charge is 3.00 e. The molecule has 0 saturated heterocycles. The van der Waals surface area contributed by atoms with E-state index >= 15 is 0 Å². The Morgan fingerprint density at radius 3 is 0.220 bits per heavy atom. The van der Waals surface area contributed by atoms with Crippen molar-refractivity contribution in [3.63, 3.8) is 0 Å². The zero-order chi connectivity index (χ0) is 32.0. The van der Waals surface area contributed by atoms with Gasteiger partial charge >= 0.3 is 268 Å². The number of rotatable bonds is 0. The molecule has 0 radical (unpaired) electrons. The van der Waals surface area contributed by atoms with E-state index < -0.39 is 32.2 Å². The van der Waals surface area contributed by atoms with E-state index in [1.54, 1.807) is 0 Å². The molecule has 0 spiro atoms. The Kier molecular flexibility index (Phi) is 12.6. The van der Waals surface area contributed by atoms with Crippen molar-refractivity contribution in [3.8, 4) is 89.4 Å². The van der Waals surface area contributed by atoms with Gasteiger partial charge < -0.3 is 0 Å². The molecule has 0 saturated carbocycles. The SMILES string of the molecule is N#[C][Fe-2]([C]#N)([C]#N)([C]#N)([C]#N)[C]#N.N#[C][Fe-2]([C]#N)([C]#N)([C]#N)([C]#N)[C]#N.N#[C][Fe-2]([C]#N)([C]#N)([C]#N)([C]#N)[C]#N.[In+3].[In+3]. The van der Waals surface area contributed by atoms with E-state index in [-0.39, 0.29) is 51.7 Å². The van der Waals surface area contributed by atoms with Crippen LogP contribution in [-0.2, 0) is 32.2 Å². The van der Waals surface area contributed by atoms with Gasteiger partial charge in [0.05, 0.1) is 0 Å². The monoisotopic (exact) mass is 866 g/mol. The molecule has 0 aliphatic carbocycles. The summed E-state index contributed by atoms with van der Waals surface area (Å²) < 4.78 is 0. The fourth-order valence-corrected chi connectivity index (χ4v) is 3.28. The van der Waals surface area contributed by atoms with Gasteiger partial charge in [-0.2, -0.15) is 0 Å². The number of nitrogens with zero attached hydrogens (tertiary/aromatic N) is 18.